The van der Waals surface area contributed by atoms with Crippen LogP contribution < -0.4 is 18.0 Å². The molecule has 4 aromatic heterocycles. The molecule has 0 amide bonds. The van der Waals surface area contributed by atoms with Crippen LogP contribution in [-0.4, -0.2) is 32.3 Å². The first-order chi connectivity index (χ1) is 29.1. The van der Waals surface area contributed by atoms with Crippen molar-refractivity contribution in [1.82, 2.24) is 0 Å². The molecule has 0 saturated heterocycles. The number of fused-ring (bicyclic) bond motifs is 12. The van der Waals surface area contributed by atoms with Crippen LogP contribution in [0.5, 0.6) is 0 Å². The van der Waals surface area contributed by atoms with Crippen LogP contribution in [0.4, 0.5) is 0 Å². The lowest BCUT2D eigenvalue weighted by atomic mass is 9.97. The van der Waals surface area contributed by atoms with Gasteiger partial charge in [-0.25, -0.2) is 0 Å². The van der Waals surface area contributed by atoms with Gasteiger partial charge in [0.15, 0.2) is 0 Å². The summed E-state index contributed by atoms with van der Waals surface area (Å²) in [5.41, 5.74) is 4.67. The zero-order valence-corrected chi connectivity index (χ0v) is 51.5. The summed E-state index contributed by atoms with van der Waals surface area (Å²) in [6.45, 7) is 60.5. The number of benzene rings is 2. The highest BCUT2D eigenvalue weighted by molar-refractivity contribution is 7.35. The molecular weight excluding hydrogens is 913 g/mol. The summed E-state index contributed by atoms with van der Waals surface area (Å²) in [6.07, 6.45) is 0. The van der Waals surface area contributed by atoms with Crippen molar-refractivity contribution in [1.29, 1.82) is 0 Å². The van der Waals surface area contributed by atoms with Crippen LogP contribution in [0.25, 0.3) is 40.3 Å². The van der Waals surface area contributed by atoms with Gasteiger partial charge in [0, 0.05) is 21.5 Å². The van der Waals surface area contributed by atoms with E-state index in [0.29, 0.717) is 23.7 Å². The molecule has 64 heavy (non-hydrogen) atoms. The first-order valence-corrected chi connectivity index (χ1v) is 39.5. The molecule has 1 aliphatic rings. The molecule has 0 N–H and O–H groups in total. The summed E-state index contributed by atoms with van der Waals surface area (Å²) in [6, 6.07) is 10.5. The Hall–Kier alpha value is -1.73. The number of rotatable bonds is 12. The van der Waals surface area contributed by atoms with E-state index >= 15 is 0 Å². The van der Waals surface area contributed by atoms with E-state index < -0.39 is 32.3 Å². The monoisotopic (exact) mass is 992 g/mol. The fraction of sp³-hybridized carbons (Fsp3) is 0.571. The van der Waals surface area contributed by atoms with Crippen LogP contribution in [-0.2, 0) is 0 Å². The molecular formula is C56H80S4Si4. The van der Waals surface area contributed by atoms with Crippen LogP contribution >= 0.6 is 45.3 Å². The zero-order valence-electron chi connectivity index (χ0n) is 44.3. The predicted molar refractivity (Wildman–Crippen MR) is 310 cm³/mol. The molecule has 6 aromatic rings. The van der Waals surface area contributed by atoms with E-state index in [9.17, 15) is 0 Å². The van der Waals surface area contributed by atoms with Gasteiger partial charge >= 0.3 is 0 Å². The molecule has 0 atom stereocenters. The normalized spacial score (nSPS) is 14.8. The van der Waals surface area contributed by atoms with Gasteiger partial charge in [0.05, 0.1) is 73.3 Å². The second-order valence-corrected chi connectivity index (χ2v) is 51.4. The molecule has 0 radical (unpaired) electrons. The third kappa shape index (κ3) is 7.13. The van der Waals surface area contributed by atoms with Crippen LogP contribution in [0.3, 0.4) is 0 Å². The molecule has 0 saturated carbocycles. The Labute approximate surface area is 409 Å². The van der Waals surface area contributed by atoms with Gasteiger partial charge in [-0.05, 0) is 86.1 Å². The Morgan fingerprint density at radius 3 is 0.625 bits per heavy atom. The Kier molecular flexibility index (Phi) is 12.5. The Balaban J connectivity index is 1.62. The fourth-order valence-corrected chi connectivity index (χ4v) is 32.2. The molecule has 1 aliphatic carbocycles. The first-order valence-electron chi connectivity index (χ1n) is 24.2. The van der Waals surface area contributed by atoms with E-state index in [1.165, 1.54) is 62.6 Å². The van der Waals surface area contributed by atoms with Gasteiger partial charge in [-0.2, -0.15) is 0 Å². The summed E-state index contributed by atoms with van der Waals surface area (Å²) < 4.78 is 11.8. The highest BCUT2D eigenvalue weighted by Crippen LogP contribution is 2.51. The van der Waals surface area contributed by atoms with Crippen molar-refractivity contribution in [3.05, 3.63) is 46.5 Å². The van der Waals surface area contributed by atoms with E-state index in [2.05, 4.69) is 256 Å². The summed E-state index contributed by atoms with van der Waals surface area (Å²) in [5, 5.41) is 6.57. The number of hydrogen-bond acceptors (Lipinski definition) is 4. The minimum absolute atomic E-state index is 0.234. The third-order valence-corrected chi connectivity index (χ3v) is 52.1. The highest BCUT2D eigenvalue weighted by atomic mass is 32.1. The minimum atomic E-state index is -1.92. The maximum atomic E-state index is 4.03. The SMILES string of the molecule is CC(C)C(C)(C)[Si](C)(C)c1cc2c(s1)c1c(c3sc([Si](C)(C)C(C)(C)C(C)C)cc32)C#Cc2c(c3sc([Si](C)(C)C(C)(C)C(C)C)cc3c3cc([Si](C)(C)C(C)(C)C(C)C)sc23)C#C1. The number of hydrogen-bond donors (Lipinski definition) is 0. The van der Waals surface area contributed by atoms with Crippen molar-refractivity contribution in [2.24, 2.45) is 23.7 Å². The van der Waals surface area contributed by atoms with Crippen molar-refractivity contribution >= 4 is 136 Å². The summed E-state index contributed by atoms with van der Waals surface area (Å²) in [7, 11) is -7.70. The molecule has 0 aliphatic heterocycles. The minimum Gasteiger partial charge on any atom is -0.144 e. The smallest absolute Gasteiger partial charge is 0.0992 e. The third-order valence-electron chi connectivity index (χ3n) is 20.2. The van der Waals surface area contributed by atoms with Gasteiger partial charge < -0.3 is 0 Å². The average molecular weight is 994 g/mol. The second-order valence-electron chi connectivity index (χ2n) is 25.4. The van der Waals surface area contributed by atoms with Gasteiger partial charge in [0.1, 0.15) is 0 Å². The molecule has 0 spiro atoms. The molecule has 7 rings (SSSR count). The van der Waals surface area contributed by atoms with Gasteiger partial charge in [0.2, 0.25) is 0 Å². The number of thiophene rings is 4. The molecule has 0 bridgehead atoms. The van der Waals surface area contributed by atoms with E-state index in [1.807, 2.05) is 0 Å². The average Bonchev–Trinajstić information content (AvgIpc) is 3.99. The standard InChI is InChI=1S/C56H80S4Si4/c1-33(2)53(9,10)61(17,18)45-29-41-42-30-46(62(19,20)54(11,12)34(3)4)58-50(42)38-27-28-40-39(26-25-37(38)49(41)57-45)51-43(31-47(59-51)63(21,22)55(13,14)35(5)6)44-32-48(60-52(40)44)64(23,24)56(15,16)36(7)8/h29-36H,1-24H3. The van der Waals surface area contributed by atoms with E-state index in [4.69, 9.17) is 0 Å². The van der Waals surface area contributed by atoms with Crippen molar-refractivity contribution in [2.45, 2.75) is 183 Å². The molecule has 4 heterocycles. The van der Waals surface area contributed by atoms with E-state index in [0.717, 1.165) is 0 Å². The van der Waals surface area contributed by atoms with Crippen molar-refractivity contribution in [3.8, 4) is 23.7 Å². The lowest BCUT2D eigenvalue weighted by molar-refractivity contribution is 0.462. The molecule has 0 fully saturated rings. The lowest BCUT2D eigenvalue weighted by Gasteiger charge is -2.42. The quantitative estimate of drug-likeness (QED) is 0.0845. The molecule has 344 valence electrons. The molecule has 2 aromatic carbocycles. The highest BCUT2D eigenvalue weighted by Gasteiger charge is 2.48. The fourth-order valence-electron chi connectivity index (χ4n) is 9.68. The lowest BCUT2D eigenvalue weighted by Crippen LogP contribution is -2.51. The maximum Gasteiger partial charge on any atom is 0.0992 e. The van der Waals surface area contributed by atoms with Gasteiger partial charge in [-0.15, -0.1) is 45.3 Å². The van der Waals surface area contributed by atoms with E-state index in [1.54, 1.807) is 18.0 Å². The summed E-state index contributed by atoms with van der Waals surface area (Å²) >= 11 is 8.22. The molecule has 8 heteroatoms. The van der Waals surface area contributed by atoms with Gasteiger partial charge in [0.25, 0.3) is 0 Å². The van der Waals surface area contributed by atoms with Crippen LogP contribution in [0.15, 0.2) is 24.3 Å². The largest absolute Gasteiger partial charge is 0.144 e. The Bertz CT molecular complexity index is 2580. The maximum absolute atomic E-state index is 4.03. The first kappa shape index (κ1) is 50.2. The van der Waals surface area contributed by atoms with E-state index in [-0.39, 0.29) is 20.2 Å². The second kappa shape index (κ2) is 15.9. The van der Waals surface area contributed by atoms with Crippen LogP contribution in [0.2, 0.25) is 72.5 Å². The van der Waals surface area contributed by atoms with Crippen molar-refractivity contribution in [3.63, 3.8) is 0 Å². The van der Waals surface area contributed by atoms with Crippen LogP contribution in [0.1, 0.15) is 133 Å². The molecule has 0 nitrogen and oxygen atoms in total. The van der Waals surface area contributed by atoms with Crippen molar-refractivity contribution < 1.29 is 0 Å². The Morgan fingerprint density at radius 1 is 0.328 bits per heavy atom. The Morgan fingerprint density at radius 2 is 0.484 bits per heavy atom. The summed E-state index contributed by atoms with van der Waals surface area (Å²) in [5.74, 6) is 18.5. The molecule has 0 unspecified atom stereocenters. The van der Waals surface area contributed by atoms with Crippen LogP contribution in [0, 0.1) is 47.4 Å². The zero-order chi connectivity index (χ0) is 48.0. The predicted octanol–water partition coefficient (Wildman–Crippen LogP) is 17.1. The summed E-state index contributed by atoms with van der Waals surface area (Å²) in [4.78, 5) is 0. The van der Waals surface area contributed by atoms with Gasteiger partial charge in [-0.1, -0.05) is 187 Å². The van der Waals surface area contributed by atoms with Crippen molar-refractivity contribution in [2.75, 3.05) is 0 Å². The van der Waals surface area contributed by atoms with Gasteiger partial charge in [-0.3, -0.25) is 0 Å². The topological polar surface area (TPSA) is 0 Å².